The van der Waals surface area contributed by atoms with Crippen molar-refractivity contribution in [1.29, 1.82) is 0 Å². The van der Waals surface area contributed by atoms with E-state index in [1.807, 2.05) is 27.7 Å². The maximum Gasteiger partial charge on any atom is 0.311 e. The molecule has 0 fully saturated rings. The van der Waals surface area contributed by atoms with Crippen LogP contribution in [0, 0.1) is 5.41 Å². The fourth-order valence-corrected chi connectivity index (χ4v) is 1.85. The van der Waals surface area contributed by atoms with Crippen LogP contribution < -0.4 is 0 Å². The van der Waals surface area contributed by atoms with E-state index in [0.29, 0.717) is 12.5 Å². The summed E-state index contributed by atoms with van der Waals surface area (Å²) in [5.41, 5.74) is 2.59. The summed E-state index contributed by atoms with van der Waals surface area (Å²) >= 11 is 0. The smallest absolute Gasteiger partial charge is 0.311 e. The standard InChI is InChI=1S/C12H18.C9H18O2/c1-4-10(3)12-8-6-11(5-2)7-9-12;1-5-7-11-8(10)9(3,4)6-2/h6-10H,4-5H2,1-3H3;5-7H2,1-4H3. The minimum atomic E-state index is -0.310. The number of hydrogen-bond donors (Lipinski definition) is 0. The molecule has 2 nitrogen and oxygen atoms in total. The van der Waals surface area contributed by atoms with Gasteiger partial charge < -0.3 is 4.74 Å². The van der Waals surface area contributed by atoms with Crippen molar-refractivity contribution in [2.45, 2.75) is 80.1 Å². The van der Waals surface area contributed by atoms with Crippen LogP contribution >= 0.6 is 0 Å². The molecule has 0 saturated carbocycles. The second-order valence-corrected chi connectivity index (χ2v) is 6.78. The van der Waals surface area contributed by atoms with Gasteiger partial charge in [0.25, 0.3) is 0 Å². The van der Waals surface area contributed by atoms with Crippen molar-refractivity contribution in [3.8, 4) is 0 Å². The minimum Gasteiger partial charge on any atom is -0.465 e. The quantitative estimate of drug-likeness (QED) is 0.564. The first-order valence-electron chi connectivity index (χ1n) is 9.08. The molecule has 1 rings (SSSR count). The van der Waals surface area contributed by atoms with Crippen LogP contribution in [0.3, 0.4) is 0 Å². The van der Waals surface area contributed by atoms with E-state index in [9.17, 15) is 4.79 Å². The molecular weight excluding hydrogens is 284 g/mol. The number of carbonyl (C=O) groups excluding carboxylic acids is 1. The van der Waals surface area contributed by atoms with E-state index in [4.69, 9.17) is 4.74 Å². The van der Waals surface area contributed by atoms with Gasteiger partial charge in [-0.15, -0.1) is 0 Å². The van der Waals surface area contributed by atoms with E-state index in [-0.39, 0.29) is 11.4 Å². The summed E-state index contributed by atoms with van der Waals surface area (Å²) in [5.74, 6) is 0.623. The summed E-state index contributed by atoms with van der Waals surface area (Å²) in [5, 5.41) is 0. The van der Waals surface area contributed by atoms with Crippen LogP contribution in [0.4, 0.5) is 0 Å². The van der Waals surface area contributed by atoms with Crippen LogP contribution in [-0.4, -0.2) is 12.6 Å². The number of esters is 1. The summed E-state index contributed by atoms with van der Waals surface area (Å²) in [6, 6.07) is 8.99. The molecule has 0 saturated heterocycles. The van der Waals surface area contributed by atoms with Crippen molar-refractivity contribution >= 4 is 5.97 Å². The highest BCUT2D eigenvalue weighted by Crippen LogP contribution is 2.21. The first-order chi connectivity index (χ1) is 10.8. The zero-order chi connectivity index (χ0) is 17.9. The average Bonchev–Trinajstić information content (AvgIpc) is 2.59. The molecule has 0 radical (unpaired) electrons. The van der Waals surface area contributed by atoms with Crippen molar-refractivity contribution in [3.63, 3.8) is 0 Å². The van der Waals surface area contributed by atoms with Crippen LogP contribution in [0.15, 0.2) is 24.3 Å². The molecular formula is C21H36O2. The maximum atomic E-state index is 11.2. The Morgan fingerprint density at radius 1 is 1.09 bits per heavy atom. The van der Waals surface area contributed by atoms with Gasteiger partial charge in [-0.25, -0.2) is 0 Å². The van der Waals surface area contributed by atoms with Crippen molar-refractivity contribution in [2.75, 3.05) is 6.61 Å². The van der Waals surface area contributed by atoms with Crippen LogP contribution in [-0.2, 0) is 16.0 Å². The fourth-order valence-electron chi connectivity index (χ4n) is 1.85. The third kappa shape index (κ3) is 8.20. The van der Waals surface area contributed by atoms with E-state index in [2.05, 4.69) is 45.0 Å². The average molecular weight is 321 g/mol. The van der Waals surface area contributed by atoms with Gasteiger partial charge in [-0.3, -0.25) is 4.79 Å². The van der Waals surface area contributed by atoms with E-state index in [0.717, 1.165) is 19.3 Å². The molecule has 132 valence electrons. The van der Waals surface area contributed by atoms with E-state index in [1.54, 1.807) is 0 Å². The van der Waals surface area contributed by atoms with Crippen LogP contribution in [0.2, 0.25) is 0 Å². The number of carbonyl (C=O) groups is 1. The Morgan fingerprint density at radius 3 is 2.04 bits per heavy atom. The predicted octanol–water partition coefficient (Wildman–Crippen LogP) is 6.14. The number of benzene rings is 1. The molecule has 1 unspecified atom stereocenters. The number of hydrogen-bond acceptors (Lipinski definition) is 2. The lowest BCUT2D eigenvalue weighted by atomic mass is 9.91. The zero-order valence-corrected chi connectivity index (χ0v) is 16.2. The van der Waals surface area contributed by atoms with Crippen molar-refractivity contribution in [2.24, 2.45) is 5.41 Å². The highest BCUT2D eigenvalue weighted by Gasteiger charge is 2.26. The van der Waals surface area contributed by atoms with Gasteiger partial charge in [0.2, 0.25) is 0 Å². The summed E-state index contributed by atoms with van der Waals surface area (Å²) < 4.78 is 5.01. The van der Waals surface area contributed by atoms with E-state index >= 15 is 0 Å². The number of ether oxygens (including phenoxy) is 1. The lowest BCUT2D eigenvalue weighted by molar-refractivity contribution is -0.154. The molecule has 1 atom stereocenters. The van der Waals surface area contributed by atoms with Crippen molar-refractivity contribution in [3.05, 3.63) is 35.4 Å². The van der Waals surface area contributed by atoms with Crippen LogP contribution in [0.5, 0.6) is 0 Å². The molecule has 1 aromatic rings. The zero-order valence-electron chi connectivity index (χ0n) is 16.2. The normalized spacial score (nSPS) is 12.1. The number of aryl methyl sites for hydroxylation is 1. The Kier molecular flexibility index (Phi) is 10.6. The summed E-state index contributed by atoms with van der Waals surface area (Å²) in [6.45, 7) is 15.1. The summed E-state index contributed by atoms with van der Waals surface area (Å²) in [6.07, 6.45) is 4.09. The third-order valence-electron chi connectivity index (χ3n) is 4.44. The molecule has 0 bridgehead atoms. The van der Waals surface area contributed by atoms with Crippen molar-refractivity contribution < 1.29 is 9.53 Å². The SMILES string of the molecule is CCCOC(=O)C(C)(C)CC.CCc1ccc(C(C)CC)cc1. The fraction of sp³-hybridized carbons (Fsp3) is 0.667. The monoisotopic (exact) mass is 320 g/mol. The molecule has 0 N–H and O–H groups in total. The molecule has 0 aliphatic carbocycles. The van der Waals surface area contributed by atoms with E-state index < -0.39 is 0 Å². The Morgan fingerprint density at radius 2 is 1.65 bits per heavy atom. The summed E-state index contributed by atoms with van der Waals surface area (Å²) in [4.78, 5) is 11.2. The molecule has 2 heteroatoms. The first kappa shape index (κ1) is 21.7. The second-order valence-electron chi connectivity index (χ2n) is 6.78. The molecule has 0 aliphatic heterocycles. The predicted molar refractivity (Wildman–Crippen MR) is 99.8 cm³/mol. The molecule has 23 heavy (non-hydrogen) atoms. The molecule has 0 spiro atoms. The third-order valence-corrected chi connectivity index (χ3v) is 4.44. The maximum absolute atomic E-state index is 11.2. The first-order valence-corrected chi connectivity index (χ1v) is 9.08. The van der Waals surface area contributed by atoms with Gasteiger partial charge in [-0.05, 0) is 56.6 Å². The Hall–Kier alpha value is -1.31. The minimum absolute atomic E-state index is 0.0816. The second kappa shape index (κ2) is 11.3. The lowest BCUT2D eigenvalue weighted by Crippen LogP contribution is -2.25. The van der Waals surface area contributed by atoms with Crippen molar-refractivity contribution in [1.82, 2.24) is 0 Å². The van der Waals surface area contributed by atoms with Crippen LogP contribution in [0.25, 0.3) is 0 Å². The lowest BCUT2D eigenvalue weighted by Gasteiger charge is -2.19. The highest BCUT2D eigenvalue weighted by molar-refractivity contribution is 5.75. The van der Waals surface area contributed by atoms with Gasteiger partial charge >= 0.3 is 5.97 Å². The largest absolute Gasteiger partial charge is 0.465 e. The molecule has 0 amide bonds. The molecule has 0 aliphatic rings. The van der Waals surface area contributed by atoms with Gasteiger partial charge in [0.1, 0.15) is 0 Å². The Bertz CT molecular complexity index is 432. The van der Waals surface area contributed by atoms with Gasteiger partial charge in [-0.2, -0.15) is 0 Å². The topological polar surface area (TPSA) is 26.3 Å². The Balaban J connectivity index is 0.000000423. The molecule has 0 heterocycles. The number of rotatable bonds is 7. The molecule has 0 aromatic heterocycles. The van der Waals surface area contributed by atoms with Gasteiger partial charge in [0, 0.05) is 0 Å². The van der Waals surface area contributed by atoms with E-state index in [1.165, 1.54) is 17.5 Å². The Labute approximate surface area is 143 Å². The van der Waals surface area contributed by atoms with Gasteiger partial charge in [-0.1, -0.05) is 58.9 Å². The van der Waals surface area contributed by atoms with Gasteiger partial charge in [0.15, 0.2) is 0 Å². The molecule has 1 aromatic carbocycles. The summed E-state index contributed by atoms with van der Waals surface area (Å²) in [7, 11) is 0. The highest BCUT2D eigenvalue weighted by atomic mass is 16.5. The van der Waals surface area contributed by atoms with Crippen LogP contribution in [0.1, 0.15) is 84.8 Å². The van der Waals surface area contributed by atoms with Gasteiger partial charge in [0.05, 0.1) is 12.0 Å².